The summed E-state index contributed by atoms with van der Waals surface area (Å²) in [6, 6.07) is 7.77. The van der Waals surface area contributed by atoms with Gasteiger partial charge in [-0.2, -0.15) is 5.10 Å². The number of piperidine rings is 1. The molecule has 1 fully saturated rings. The van der Waals surface area contributed by atoms with Crippen LogP contribution in [0.15, 0.2) is 40.4 Å². The van der Waals surface area contributed by atoms with E-state index >= 15 is 0 Å². The predicted molar refractivity (Wildman–Crippen MR) is 113 cm³/mol. The first kappa shape index (κ1) is 18.4. The molecule has 150 valence electrons. The smallest absolute Gasteiger partial charge is 0.265 e. The van der Waals surface area contributed by atoms with Crippen LogP contribution in [0.3, 0.4) is 0 Å². The van der Waals surface area contributed by atoms with Crippen molar-refractivity contribution in [1.29, 1.82) is 0 Å². The molecule has 0 aliphatic carbocycles. The van der Waals surface area contributed by atoms with Crippen molar-refractivity contribution in [2.75, 3.05) is 18.8 Å². The van der Waals surface area contributed by atoms with Crippen LogP contribution in [-0.4, -0.2) is 49.0 Å². The number of rotatable bonds is 3. The molecule has 2 aromatic heterocycles. The SMILES string of the molecule is Cc1ccccc1-n1ncc2c(=O)n3c(nc21)SCC3CC(=O)N1CCCCC1. The number of nitrogens with zero attached hydrogens (tertiary/aromatic N) is 5. The molecule has 3 aromatic rings. The molecule has 0 spiro atoms. The summed E-state index contributed by atoms with van der Waals surface area (Å²) >= 11 is 1.55. The Morgan fingerprint density at radius 3 is 2.79 bits per heavy atom. The number of carbonyl (C=O) groups is 1. The van der Waals surface area contributed by atoms with Crippen molar-refractivity contribution in [2.24, 2.45) is 0 Å². The summed E-state index contributed by atoms with van der Waals surface area (Å²) < 4.78 is 3.44. The number of fused-ring (bicyclic) bond motifs is 2. The summed E-state index contributed by atoms with van der Waals surface area (Å²) in [6.45, 7) is 3.68. The van der Waals surface area contributed by atoms with E-state index in [0.717, 1.165) is 37.2 Å². The van der Waals surface area contributed by atoms with Crippen LogP contribution >= 0.6 is 11.8 Å². The van der Waals surface area contributed by atoms with Crippen LogP contribution in [0.4, 0.5) is 0 Å². The quantitative estimate of drug-likeness (QED) is 0.622. The van der Waals surface area contributed by atoms with E-state index in [1.807, 2.05) is 36.1 Å². The van der Waals surface area contributed by atoms with Crippen LogP contribution < -0.4 is 5.56 Å². The average Bonchev–Trinajstić information content (AvgIpc) is 3.34. The van der Waals surface area contributed by atoms with E-state index in [1.165, 1.54) is 6.42 Å². The van der Waals surface area contributed by atoms with Gasteiger partial charge in [0.25, 0.3) is 5.56 Å². The van der Waals surface area contributed by atoms with Gasteiger partial charge in [0.05, 0.1) is 17.9 Å². The average molecular weight is 410 g/mol. The zero-order chi connectivity index (χ0) is 20.0. The Bertz CT molecular complexity index is 1150. The molecule has 29 heavy (non-hydrogen) atoms. The van der Waals surface area contributed by atoms with Gasteiger partial charge in [0.15, 0.2) is 10.8 Å². The summed E-state index contributed by atoms with van der Waals surface area (Å²) in [5, 5.41) is 5.61. The highest BCUT2D eigenvalue weighted by Crippen LogP contribution is 2.34. The second kappa shape index (κ2) is 7.33. The summed E-state index contributed by atoms with van der Waals surface area (Å²) in [5.41, 5.74) is 2.45. The largest absolute Gasteiger partial charge is 0.343 e. The Hall–Kier alpha value is -2.61. The topological polar surface area (TPSA) is 73.0 Å². The highest BCUT2D eigenvalue weighted by Gasteiger charge is 2.31. The molecule has 2 aliphatic rings. The number of hydrogen-bond acceptors (Lipinski definition) is 5. The molecule has 5 rings (SSSR count). The molecular weight excluding hydrogens is 386 g/mol. The van der Waals surface area contributed by atoms with Gasteiger partial charge in [-0.15, -0.1) is 0 Å². The highest BCUT2D eigenvalue weighted by molar-refractivity contribution is 7.99. The molecular formula is C21H23N5O2S. The standard InChI is InChI=1S/C21H23N5O2S/c1-14-7-3-4-8-17(14)26-19-16(12-22-26)20(28)25-15(13-29-21(25)23-19)11-18(27)24-9-5-2-6-10-24/h3-4,7-8,12,15H,2,5-6,9-11,13H2,1H3. The van der Waals surface area contributed by atoms with Gasteiger partial charge in [-0.25, -0.2) is 9.67 Å². The third-order valence-electron chi connectivity index (χ3n) is 5.83. The fourth-order valence-electron chi connectivity index (χ4n) is 4.23. The Morgan fingerprint density at radius 2 is 2.00 bits per heavy atom. The lowest BCUT2D eigenvalue weighted by atomic mass is 10.1. The number of aryl methyl sites for hydroxylation is 1. The molecule has 4 heterocycles. The fraction of sp³-hybridized carbons (Fsp3) is 0.429. The fourth-order valence-corrected chi connectivity index (χ4v) is 5.36. The molecule has 1 unspecified atom stereocenters. The Labute approximate surface area is 172 Å². The van der Waals surface area contributed by atoms with E-state index in [2.05, 4.69) is 5.10 Å². The van der Waals surface area contributed by atoms with Gasteiger partial charge in [-0.3, -0.25) is 14.2 Å². The number of thioether (sulfide) groups is 1. The molecule has 0 radical (unpaired) electrons. The Balaban J connectivity index is 1.50. The third kappa shape index (κ3) is 3.15. The molecule has 1 amide bonds. The number of benzene rings is 1. The van der Waals surface area contributed by atoms with E-state index in [-0.39, 0.29) is 17.5 Å². The van der Waals surface area contributed by atoms with E-state index in [9.17, 15) is 9.59 Å². The number of hydrogen-bond donors (Lipinski definition) is 0. The number of likely N-dealkylation sites (tertiary alicyclic amines) is 1. The molecule has 0 bridgehead atoms. The number of amides is 1. The van der Waals surface area contributed by atoms with Crippen molar-refractivity contribution in [1.82, 2.24) is 24.2 Å². The molecule has 1 saturated heterocycles. The van der Waals surface area contributed by atoms with Crippen molar-refractivity contribution in [3.63, 3.8) is 0 Å². The number of para-hydroxylation sites is 1. The van der Waals surface area contributed by atoms with E-state index in [1.54, 1.807) is 27.2 Å². The van der Waals surface area contributed by atoms with Gasteiger partial charge in [0.1, 0.15) is 5.39 Å². The number of aromatic nitrogens is 4. The maximum absolute atomic E-state index is 13.2. The van der Waals surface area contributed by atoms with E-state index in [4.69, 9.17) is 4.98 Å². The van der Waals surface area contributed by atoms with Gasteiger partial charge in [0, 0.05) is 25.3 Å². The molecule has 0 saturated carbocycles. The molecule has 1 atom stereocenters. The van der Waals surface area contributed by atoms with Crippen molar-refractivity contribution in [3.05, 3.63) is 46.4 Å². The van der Waals surface area contributed by atoms with Gasteiger partial charge in [0.2, 0.25) is 5.91 Å². The predicted octanol–water partition coefficient (Wildman–Crippen LogP) is 2.94. The van der Waals surface area contributed by atoms with E-state index in [0.29, 0.717) is 28.4 Å². The summed E-state index contributed by atoms with van der Waals surface area (Å²) in [4.78, 5) is 32.7. The molecule has 1 aromatic carbocycles. The Morgan fingerprint density at radius 1 is 1.21 bits per heavy atom. The second-order valence-corrected chi connectivity index (χ2v) is 8.75. The van der Waals surface area contributed by atoms with Crippen LogP contribution in [0.2, 0.25) is 0 Å². The van der Waals surface area contributed by atoms with Crippen LogP contribution in [-0.2, 0) is 4.79 Å². The zero-order valence-electron chi connectivity index (χ0n) is 16.4. The summed E-state index contributed by atoms with van der Waals surface area (Å²) in [5.74, 6) is 0.845. The van der Waals surface area contributed by atoms with Crippen molar-refractivity contribution in [2.45, 2.75) is 43.8 Å². The normalized spacial score (nSPS) is 18.9. The van der Waals surface area contributed by atoms with Crippen molar-refractivity contribution >= 4 is 28.7 Å². The highest BCUT2D eigenvalue weighted by atomic mass is 32.2. The zero-order valence-corrected chi connectivity index (χ0v) is 17.2. The molecule has 7 nitrogen and oxygen atoms in total. The van der Waals surface area contributed by atoms with Gasteiger partial charge in [-0.05, 0) is 37.8 Å². The van der Waals surface area contributed by atoms with Gasteiger partial charge in [-0.1, -0.05) is 30.0 Å². The van der Waals surface area contributed by atoms with Gasteiger partial charge >= 0.3 is 0 Å². The number of carbonyl (C=O) groups excluding carboxylic acids is 1. The van der Waals surface area contributed by atoms with Crippen LogP contribution in [0, 0.1) is 6.92 Å². The molecule has 8 heteroatoms. The first-order valence-corrected chi connectivity index (χ1v) is 11.1. The molecule has 2 aliphatic heterocycles. The van der Waals surface area contributed by atoms with Crippen LogP contribution in [0.5, 0.6) is 0 Å². The van der Waals surface area contributed by atoms with Gasteiger partial charge < -0.3 is 4.90 Å². The lowest BCUT2D eigenvalue weighted by Crippen LogP contribution is -2.37. The molecule has 0 N–H and O–H groups in total. The van der Waals surface area contributed by atoms with E-state index < -0.39 is 0 Å². The lowest BCUT2D eigenvalue weighted by Gasteiger charge is -2.28. The van der Waals surface area contributed by atoms with Crippen molar-refractivity contribution < 1.29 is 4.79 Å². The monoisotopic (exact) mass is 409 g/mol. The summed E-state index contributed by atoms with van der Waals surface area (Å²) in [6.07, 6.45) is 5.29. The third-order valence-corrected chi connectivity index (χ3v) is 6.93. The minimum Gasteiger partial charge on any atom is -0.343 e. The Kier molecular flexibility index (Phi) is 4.66. The van der Waals surface area contributed by atoms with Crippen LogP contribution in [0.1, 0.15) is 37.3 Å². The maximum Gasteiger partial charge on any atom is 0.265 e. The first-order valence-electron chi connectivity index (χ1n) is 10.1. The minimum atomic E-state index is -0.143. The van der Waals surface area contributed by atoms with Crippen molar-refractivity contribution in [3.8, 4) is 5.69 Å². The maximum atomic E-state index is 13.2. The minimum absolute atomic E-state index is 0.105. The first-order chi connectivity index (χ1) is 14.1. The van der Waals surface area contributed by atoms with Crippen LogP contribution in [0.25, 0.3) is 16.7 Å². The lowest BCUT2D eigenvalue weighted by molar-refractivity contribution is -0.132. The summed E-state index contributed by atoms with van der Waals surface area (Å²) in [7, 11) is 0. The second-order valence-electron chi connectivity index (χ2n) is 7.76.